The van der Waals surface area contributed by atoms with Crippen LogP contribution in [0.2, 0.25) is 0 Å². The van der Waals surface area contributed by atoms with Gasteiger partial charge in [-0.1, -0.05) is 19.3 Å². The number of nitrogens with zero attached hydrogens (tertiary/aromatic N) is 3. The molecule has 1 aromatic carbocycles. The molecule has 0 radical (unpaired) electrons. The van der Waals surface area contributed by atoms with Crippen LogP contribution in [0.15, 0.2) is 30.6 Å². The van der Waals surface area contributed by atoms with E-state index < -0.39 is 54.6 Å². The first-order chi connectivity index (χ1) is 22.5. The Labute approximate surface area is 270 Å². The Morgan fingerprint density at radius 1 is 0.851 bits per heavy atom. The number of aromatic nitrogens is 4. The highest BCUT2D eigenvalue weighted by Gasteiger charge is 2.53. The number of esters is 4. The third-order valence-electron chi connectivity index (χ3n) is 7.54. The van der Waals surface area contributed by atoms with Crippen molar-refractivity contribution in [3.63, 3.8) is 0 Å². The Morgan fingerprint density at radius 3 is 2.17 bits per heavy atom. The van der Waals surface area contributed by atoms with E-state index in [-0.39, 0.29) is 6.61 Å². The lowest BCUT2D eigenvalue weighted by molar-refractivity contribution is -0.288. The third kappa shape index (κ3) is 8.84. The highest BCUT2D eigenvalue weighted by molar-refractivity contribution is 5.84. The van der Waals surface area contributed by atoms with Crippen LogP contribution in [0.3, 0.4) is 0 Å². The molecule has 47 heavy (non-hydrogen) atoms. The molecule has 3 heterocycles. The number of H-pyrrole nitrogens is 1. The van der Waals surface area contributed by atoms with Crippen molar-refractivity contribution in [1.82, 2.24) is 19.9 Å². The molecule has 0 unspecified atom stereocenters. The topological polar surface area (TPSA) is 202 Å². The minimum atomic E-state index is -1.35. The van der Waals surface area contributed by atoms with Gasteiger partial charge in [-0.3, -0.25) is 19.2 Å². The minimum absolute atomic E-state index is 0.291. The van der Waals surface area contributed by atoms with Crippen molar-refractivity contribution in [3.05, 3.63) is 30.6 Å². The van der Waals surface area contributed by atoms with Crippen molar-refractivity contribution in [2.45, 2.75) is 96.5 Å². The molecule has 3 aromatic rings. The van der Waals surface area contributed by atoms with Crippen LogP contribution in [-0.2, 0) is 42.9 Å². The maximum absolute atomic E-state index is 12.1. The maximum Gasteiger partial charge on any atom is 0.303 e. The van der Waals surface area contributed by atoms with Gasteiger partial charge in [0.15, 0.2) is 23.7 Å². The number of anilines is 3. The van der Waals surface area contributed by atoms with E-state index in [1.54, 1.807) is 30.6 Å². The van der Waals surface area contributed by atoms with E-state index in [4.69, 9.17) is 33.4 Å². The summed E-state index contributed by atoms with van der Waals surface area (Å²) in [7, 11) is 0. The molecule has 3 N–H and O–H groups in total. The van der Waals surface area contributed by atoms with E-state index in [1.807, 2.05) is 0 Å². The first kappa shape index (κ1) is 33.4. The number of carbonyl (C=O) groups is 4. The standard InChI is InChI=1S/C31H38N6O10/c1-16(38)42-14-23-25(43-17(2)39)26(44-18(3)40)27(45-19(4)41)30(47-23)46-22-12-10-21(11-13-22)35-31-36-28-24(32-15-33-28)29(37-31)34-20-8-6-5-7-9-20/h10-13,15,20,23,25-27,30H,5-9,14H2,1-4H3,(H3,32,33,34,35,36,37)/t23-,25+,26+,27-,30-/m1/s1. The Hall–Kier alpha value is -4.99. The zero-order valence-electron chi connectivity index (χ0n) is 26.5. The molecule has 1 saturated heterocycles. The lowest BCUT2D eigenvalue weighted by Crippen LogP contribution is -2.63. The molecule has 0 bridgehead atoms. The molecule has 5 atom stereocenters. The predicted molar refractivity (Wildman–Crippen MR) is 164 cm³/mol. The van der Waals surface area contributed by atoms with Crippen molar-refractivity contribution in [2.24, 2.45) is 0 Å². The van der Waals surface area contributed by atoms with Crippen molar-refractivity contribution in [2.75, 3.05) is 17.2 Å². The van der Waals surface area contributed by atoms with Gasteiger partial charge in [-0.2, -0.15) is 9.97 Å². The number of ether oxygens (including phenoxy) is 6. The second kappa shape index (κ2) is 15.1. The monoisotopic (exact) mass is 654 g/mol. The molecule has 2 fully saturated rings. The number of imidazole rings is 1. The van der Waals surface area contributed by atoms with Gasteiger partial charge in [0.25, 0.3) is 0 Å². The van der Waals surface area contributed by atoms with Crippen molar-refractivity contribution in [1.29, 1.82) is 0 Å². The van der Waals surface area contributed by atoms with Gasteiger partial charge >= 0.3 is 23.9 Å². The summed E-state index contributed by atoms with van der Waals surface area (Å²) in [6.07, 6.45) is 0.850. The maximum atomic E-state index is 12.1. The summed E-state index contributed by atoms with van der Waals surface area (Å²) in [4.78, 5) is 64.4. The average molecular weight is 655 g/mol. The number of hydrogen-bond donors (Lipinski definition) is 3. The van der Waals surface area contributed by atoms with Gasteiger partial charge in [0.05, 0.1) is 6.33 Å². The van der Waals surface area contributed by atoms with E-state index in [0.29, 0.717) is 34.9 Å². The number of fused-ring (bicyclic) bond motifs is 1. The Kier molecular flexibility index (Phi) is 10.7. The number of hydrogen-bond acceptors (Lipinski definition) is 15. The molecule has 1 aliphatic carbocycles. The lowest BCUT2D eigenvalue weighted by Gasteiger charge is -2.43. The Morgan fingerprint density at radius 2 is 1.51 bits per heavy atom. The van der Waals surface area contributed by atoms with E-state index in [0.717, 1.165) is 39.1 Å². The van der Waals surface area contributed by atoms with Crippen molar-refractivity contribution >= 4 is 52.5 Å². The fourth-order valence-electron chi connectivity index (χ4n) is 5.60. The second-order valence-corrected chi connectivity index (χ2v) is 11.3. The van der Waals surface area contributed by atoms with E-state index in [1.165, 1.54) is 26.2 Å². The van der Waals surface area contributed by atoms with Gasteiger partial charge in [-0.15, -0.1) is 0 Å². The first-order valence-electron chi connectivity index (χ1n) is 15.4. The van der Waals surface area contributed by atoms with Gasteiger partial charge in [-0.25, -0.2) is 4.98 Å². The number of benzene rings is 1. The Bertz CT molecular complexity index is 1570. The molecule has 0 amide bonds. The van der Waals surface area contributed by atoms with Crippen molar-refractivity contribution in [3.8, 4) is 5.75 Å². The van der Waals surface area contributed by atoms with E-state index >= 15 is 0 Å². The fourth-order valence-corrected chi connectivity index (χ4v) is 5.60. The van der Waals surface area contributed by atoms with Crippen LogP contribution in [0.4, 0.5) is 17.5 Å². The number of nitrogens with one attached hydrogen (secondary N) is 3. The number of aromatic amines is 1. The van der Waals surface area contributed by atoms with Gasteiger partial charge in [0.2, 0.25) is 18.3 Å². The van der Waals surface area contributed by atoms with Gasteiger partial charge in [0, 0.05) is 39.4 Å². The van der Waals surface area contributed by atoms with Crippen LogP contribution in [-0.4, -0.2) is 87.2 Å². The largest absolute Gasteiger partial charge is 0.463 e. The van der Waals surface area contributed by atoms with Crippen molar-refractivity contribution < 1.29 is 47.6 Å². The minimum Gasteiger partial charge on any atom is -0.463 e. The molecule has 0 spiro atoms. The molecule has 252 valence electrons. The van der Waals surface area contributed by atoms with Crippen LogP contribution in [0, 0.1) is 0 Å². The van der Waals surface area contributed by atoms with Crippen LogP contribution in [0.5, 0.6) is 5.75 Å². The zero-order valence-corrected chi connectivity index (χ0v) is 26.5. The smallest absolute Gasteiger partial charge is 0.303 e. The molecule has 2 aromatic heterocycles. The fraction of sp³-hybridized carbons (Fsp3) is 0.516. The van der Waals surface area contributed by atoms with Crippen LogP contribution in [0.1, 0.15) is 59.8 Å². The lowest BCUT2D eigenvalue weighted by atomic mass is 9.95. The molecular formula is C31H38N6O10. The van der Waals surface area contributed by atoms with E-state index in [2.05, 4.69) is 25.6 Å². The van der Waals surface area contributed by atoms with Crippen LogP contribution in [0.25, 0.3) is 11.2 Å². The average Bonchev–Trinajstić information content (AvgIpc) is 3.49. The summed E-state index contributed by atoms with van der Waals surface area (Å²) in [5.41, 5.74) is 1.89. The number of rotatable bonds is 11. The van der Waals surface area contributed by atoms with Gasteiger partial charge in [-0.05, 0) is 37.1 Å². The SMILES string of the molecule is CC(=O)OC[C@H]1O[C@@H](Oc2ccc(Nc3nc(NC4CCCCC4)c4[nH]cnc4n3)cc2)[C@H](OC(C)=O)[C@@H](OC(C)=O)[C@H]1OC(C)=O. The molecular weight excluding hydrogens is 616 g/mol. The predicted octanol–water partition coefficient (Wildman–Crippen LogP) is 3.30. The second-order valence-electron chi connectivity index (χ2n) is 11.3. The highest BCUT2D eigenvalue weighted by atomic mass is 16.7. The van der Waals surface area contributed by atoms with Crippen LogP contribution >= 0.6 is 0 Å². The quantitative estimate of drug-likeness (QED) is 0.201. The summed E-state index contributed by atoms with van der Waals surface area (Å²) < 4.78 is 33.5. The first-order valence-corrected chi connectivity index (χ1v) is 15.4. The van der Waals surface area contributed by atoms with Gasteiger partial charge in [0.1, 0.15) is 24.0 Å². The summed E-state index contributed by atoms with van der Waals surface area (Å²) in [5, 5.41) is 6.73. The van der Waals surface area contributed by atoms with E-state index in [9.17, 15) is 19.2 Å². The Balaban J connectivity index is 1.35. The molecule has 5 rings (SSSR count). The number of carbonyl (C=O) groups excluding carboxylic acids is 4. The highest BCUT2D eigenvalue weighted by Crippen LogP contribution is 2.32. The van der Waals surface area contributed by atoms with Crippen LogP contribution < -0.4 is 15.4 Å². The third-order valence-corrected chi connectivity index (χ3v) is 7.54. The molecule has 2 aliphatic rings. The summed E-state index contributed by atoms with van der Waals surface area (Å²) in [5.74, 6) is -1.50. The molecule has 1 aliphatic heterocycles. The van der Waals surface area contributed by atoms with Gasteiger partial charge < -0.3 is 44.0 Å². The molecule has 16 heteroatoms. The zero-order chi connectivity index (χ0) is 33.5. The summed E-state index contributed by atoms with van der Waals surface area (Å²) in [6.45, 7) is 4.30. The normalized spacial score (nSPS) is 22.9. The summed E-state index contributed by atoms with van der Waals surface area (Å²) in [6, 6.07) is 7.01. The summed E-state index contributed by atoms with van der Waals surface area (Å²) >= 11 is 0. The molecule has 1 saturated carbocycles. The molecule has 16 nitrogen and oxygen atoms in total.